The van der Waals surface area contributed by atoms with Crippen molar-refractivity contribution in [1.82, 2.24) is 0 Å². The summed E-state index contributed by atoms with van der Waals surface area (Å²) in [7, 11) is 0. The van der Waals surface area contributed by atoms with E-state index in [9.17, 15) is 4.79 Å². The Kier molecular flexibility index (Phi) is 4.37. The van der Waals surface area contributed by atoms with Crippen LogP contribution in [0, 0.1) is 0 Å². The average molecular weight is 340 g/mol. The number of thioether (sulfide) groups is 1. The third-order valence-corrected chi connectivity index (χ3v) is 5.88. The van der Waals surface area contributed by atoms with Crippen molar-refractivity contribution in [2.45, 2.75) is 19.3 Å². The van der Waals surface area contributed by atoms with Crippen LogP contribution in [-0.4, -0.2) is 10.2 Å². The second kappa shape index (κ2) is 6.30. The van der Waals surface area contributed by atoms with Gasteiger partial charge in [-0.3, -0.25) is 4.79 Å². The number of cyclic esters (lactones) is 1. The molecule has 23 heavy (non-hydrogen) atoms. The Morgan fingerprint density at radius 3 is 2.17 bits per heavy atom. The predicted molar refractivity (Wildman–Crippen MR) is 99.1 cm³/mol. The molecule has 2 aromatic rings. The van der Waals surface area contributed by atoms with E-state index >= 15 is 0 Å². The zero-order chi connectivity index (χ0) is 16.4. The summed E-state index contributed by atoms with van der Waals surface area (Å²) in [5.74, 6) is -0.322. The number of hydrogen-bond acceptors (Lipinski definition) is 4. The topological polar surface area (TPSA) is 26.3 Å². The third kappa shape index (κ3) is 2.84. The molecule has 3 rings (SSSR count). The summed E-state index contributed by atoms with van der Waals surface area (Å²) in [4.78, 5) is 12.7. The number of carbonyl (C=O) groups is 1. The van der Waals surface area contributed by atoms with Gasteiger partial charge in [0.15, 0.2) is 5.09 Å². The maximum Gasteiger partial charge on any atom is 0.328 e. The summed E-state index contributed by atoms with van der Waals surface area (Å²) in [6, 6.07) is 19.4. The van der Waals surface area contributed by atoms with E-state index in [0.29, 0.717) is 9.29 Å². The molecule has 0 spiro atoms. The van der Waals surface area contributed by atoms with Gasteiger partial charge in [-0.2, -0.15) is 0 Å². The fourth-order valence-electron chi connectivity index (χ4n) is 2.44. The summed E-state index contributed by atoms with van der Waals surface area (Å²) < 4.78 is 6.28. The number of rotatable bonds is 2. The van der Waals surface area contributed by atoms with Crippen molar-refractivity contribution in [3.05, 3.63) is 76.9 Å². The van der Waals surface area contributed by atoms with Gasteiger partial charge < -0.3 is 4.74 Å². The first-order valence-electron chi connectivity index (χ1n) is 7.30. The predicted octanol–water partition coefficient (Wildman–Crippen LogP) is 4.95. The first kappa shape index (κ1) is 16.0. The van der Waals surface area contributed by atoms with Gasteiger partial charge >= 0.3 is 5.97 Å². The lowest BCUT2D eigenvalue weighted by atomic mass is 9.84. The molecule has 116 valence electrons. The summed E-state index contributed by atoms with van der Waals surface area (Å²) in [5.41, 5.74) is 1.90. The summed E-state index contributed by atoms with van der Waals surface area (Å²) in [6.07, 6.45) is 0. The highest BCUT2D eigenvalue weighted by molar-refractivity contribution is 8.26. The summed E-state index contributed by atoms with van der Waals surface area (Å²) >= 11 is 6.94. The Morgan fingerprint density at radius 2 is 1.61 bits per heavy atom. The maximum atomic E-state index is 12.7. The number of ether oxygens (including phenoxy) is 1. The van der Waals surface area contributed by atoms with Crippen LogP contribution in [0.4, 0.5) is 0 Å². The van der Waals surface area contributed by atoms with Crippen LogP contribution in [0.5, 0.6) is 0 Å². The molecule has 1 aliphatic heterocycles. The molecule has 4 heteroatoms. The molecule has 1 fully saturated rings. The lowest BCUT2D eigenvalue weighted by Gasteiger charge is -2.33. The van der Waals surface area contributed by atoms with E-state index in [1.807, 2.05) is 74.5 Å². The Labute approximate surface area is 145 Å². The molecule has 0 unspecified atom stereocenters. The molecular formula is C19H16O2S2. The largest absolute Gasteiger partial charge is 0.418 e. The van der Waals surface area contributed by atoms with Gasteiger partial charge in [-0.05, 0) is 36.7 Å². The van der Waals surface area contributed by atoms with Crippen LogP contribution in [0.2, 0.25) is 0 Å². The molecule has 1 heterocycles. The van der Waals surface area contributed by atoms with Crippen LogP contribution >= 0.6 is 24.0 Å². The van der Waals surface area contributed by atoms with Crippen molar-refractivity contribution in [2.75, 3.05) is 0 Å². The normalized spacial score (nSPS) is 23.4. The molecule has 1 saturated heterocycles. The fraction of sp³-hybridized carbons (Fsp3) is 0.158. The average Bonchev–Trinajstić information content (AvgIpc) is 2.60. The van der Waals surface area contributed by atoms with Crippen molar-refractivity contribution >= 4 is 39.7 Å². The SMILES string of the molecule is C/C(=C1/OC(=O)[C@](C)(c2ccccc2)C(=S)S1)c1ccccc1. The van der Waals surface area contributed by atoms with Gasteiger partial charge in [-0.15, -0.1) is 0 Å². The van der Waals surface area contributed by atoms with Crippen LogP contribution in [0.25, 0.3) is 5.57 Å². The van der Waals surface area contributed by atoms with Gasteiger partial charge in [-0.25, -0.2) is 0 Å². The number of benzene rings is 2. The number of hydrogen-bond donors (Lipinski definition) is 0. The molecule has 0 radical (unpaired) electrons. The number of thiocarbonyl (C=S) groups is 1. The maximum absolute atomic E-state index is 12.7. The van der Waals surface area contributed by atoms with E-state index in [1.165, 1.54) is 11.8 Å². The number of esters is 1. The molecule has 0 aliphatic carbocycles. The van der Waals surface area contributed by atoms with Gasteiger partial charge in [0.25, 0.3) is 0 Å². The Balaban J connectivity index is 1.98. The quantitative estimate of drug-likeness (QED) is 0.571. The second-order valence-electron chi connectivity index (χ2n) is 5.55. The van der Waals surface area contributed by atoms with Crippen molar-refractivity contribution < 1.29 is 9.53 Å². The minimum Gasteiger partial charge on any atom is -0.418 e. The fourth-order valence-corrected chi connectivity index (χ4v) is 3.83. The standard InChI is InChI=1S/C19H16O2S2/c1-13(14-9-5-3-6-10-14)16-21-17(20)19(2,18(22)23-16)15-11-7-4-8-12-15/h3-12H,1-2H3/b16-13+/t19-/m0/s1. The lowest BCUT2D eigenvalue weighted by molar-refractivity contribution is -0.142. The minimum atomic E-state index is -0.901. The molecule has 0 bridgehead atoms. The molecule has 0 aromatic heterocycles. The van der Waals surface area contributed by atoms with E-state index in [4.69, 9.17) is 17.0 Å². The third-order valence-electron chi connectivity index (χ3n) is 4.05. The Hall–Kier alpha value is -1.91. The Morgan fingerprint density at radius 1 is 1.04 bits per heavy atom. The molecular weight excluding hydrogens is 324 g/mol. The second-order valence-corrected chi connectivity index (χ2v) is 7.20. The van der Waals surface area contributed by atoms with Crippen LogP contribution in [0.1, 0.15) is 25.0 Å². The van der Waals surface area contributed by atoms with Crippen LogP contribution in [-0.2, 0) is 14.9 Å². The first-order valence-corrected chi connectivity index (χ1v) is 8.52. The Bertz CT molecular complexity index is 760. The van der Waals surface area contributed by atoms with E-state index in [-0.39, 0.29) is 5.97 Å². The molecule has 1 aliphatic rings. The highest BCUT2D eigenvalue weighted by atomic mass is 32.2. The van der Waals surface area contributed by atoms with E-state index in [0.717, 1.165) is 16.7 Å². The van der Waals surface area contributed by atoms with Gasteiger partial charge in [-0.1, -0.05) is 72.9 Å². The number of carbonyl (C=O) groups excluding carboxylic acids is 1. The smallest absolute Gasteiger partial charge is 0.328 e. The van der Waals surface area contributed by atoms with Crippen LogP contribution in [0.3, 0.4) is 0 Å². The van der Waals surface area contributed by atoms with Crippen molar-refractivity contribution in [1.29, 1.82) is 0 Å². The van der Waals surface area contributed by atoms with Gasteiger partial charge in [0.2, 0.25) is 0 Å². The zero-order valence-electron chi connectivity index (χ0n) is 12.9. The first-order chi connectivity index (χ1) is 11.0. The zero-order valence-corrected chi connectivity index (χ0v) is 14.5. The highest BCUT2D eigenvalue weighted by Gasteiger charge is 2.46. The highest BCUT2D eigenvalue weighted by Crippen LogP contribution is 2.43. The monoisotopic (exact) mass is 340 g/mol. The number of allylic oxidation sites excluding steroid dienone is 1. The minimum absolute atomic E-state index is 0.322. The summed E-state index contributed by atoms with van der Waals surface area (Å²) in [5, 5.41) is 0.569. The molecule has 2 aromatic carbocycles. The van der Waals surface area contributed by atoms with Crippen LogP contribution in [0.15, 0.2) is 65.8 Å². The van der Waals surface area contributed by atoms with E-state index in [2.05, 4.69) is 0 Å². The molecule has 0 N–H and O–H groups in total. The molecule has 1 atom stereocenters. The van der Waals surface area contributed by atoms with E-state index in [1.54, 1.807) is 0 Å². The molecule has 2 nitrogen and oxygen atoms in total. The van der Waals surface area contributed by atoms with Crippen molar-refractivity contribution in [3.63, 3.8) is 0 Å². The van der Waals surface area contributed by atoms with Crippen LogP contribution < -0.4 is 0 Å². The van der Waals surface area contributed by atoms with Crippen molar-refractivity contribution in [2.24, 2.45) is 0 Å². The van der Waals surface area contributed by atoms with Gasteiger partial charge in [0.05, 0.1) is 4.20 Å². The van der Waals surface area contributed by atoms with Gasteiger partial charge in [0.1, 0.15) is 5.41 Å². The lowest BCUT2D eigenvalue weighted by Crippen LogP contribution is -2.42. The summed E-state index contributed by atoms with van der Waals surface area (Å²) in [6.45, 7) is 3.77. The van der Waals surface area contributed by atoms with Crippen molar-refractivity contribution in [3.8, 4) is 0 Å². The van der Waals surface area contributed by atoms with E-state index < -0.39 is 5.41 Å². The van der Waals surface area contributed by atoms with Gasteiger partial charge in [0, 0.05) is 5.57 Å². The molecule has 0 saturated carbocycles. The molecule has 0 amide bonds.